The molecule has 3 nitrogen and oxygen atoms in total. The van der Waals surface area contributed by atoms with Crippen molar-refractivity contribution in [3.8, 4) is 11.1 Å². The van der Waals surface area contributed by atoms with E-state index in [-0.39, 0.29) is 0 Å². The van der Waals surface area contributed by atoms with Gasteiger partial charge in [0.25, 0.3) is 0 Å². The Kier molecular flexibility index (Phi) is 4.15. The monoisotopic (exact) mass is 365 g/mol. The number of anilines is 2. The number of aryl methyl sites for hydroxylation is 2. The van der Waals surface area contributed by atoms with Gasteiger partial charge in [-0.15, -0.1) is 11.3 Å². The van der Waals surface area contributed by atoms with Crippen LogP contribution in [0, 0.1) is 13.8 Å². The Balaban J connectivity index is 1.87. The Hall–Kier alpha value is -2.43. The fourth-order valence-electron chi connectivity index (χ4n) is 2.99. The van der Waals surface area contributed by atoms with Crippen LogP contribution >= 0.6 is 22.9 Å². The lowest BCUT2D eigenvalue weighted by Gasteiger charge is -2.10. The SMILES string of the molecule is Cc1ccc(-c2csc3ncnc(Nc4cccc(Cl)c4)c23)c(C)c1. The summed E-state index contributed by atoms with van der Waals surface area (Å²) in [7, 11) is 0. The number of thiophene rings is 1. The first-order valence-corrected chi connectivity index (χ1v) is 9.20. The largest absolute Gasteiger partial charge is 0.340 e. The van der Waals surface area contributed by atoms with Crippen molar-refractivity contribution < 1.29 is 0 Å². The molecule has 4 aromatic rings. The number of halogens is 1. The lowest BCUT2D eigenvalue weighted by atomic mass is 9.99. The standard InChI is InChI=1S/C20H16ClN3S/c1-12-6-7-16(13(2)8-12)17-10-25-20-18(17)19(22-11-23-20)24-15-5-3-4-14(21)9-15/h3-11H,1-2H3,(H,22,23,24). The van der Waals surface area contributed by atoms with Crippen molar-refractivity contribution in [3.05, 3.63) is 70.3 Å². The van der Waals surface area contributed by atoms with E-state index in [1.54, 1.807) is 17.7 Å². The summed E-state index contributed by atoms with van der Waals surface area (Å²) in [6, 6.07) is 14.1. The molecule has 124 valence electrons. The molecule has 2 aromatic heterocycles. The number of hydrogen-bond donors (Lipinski definition) is 1. The quantitative estimate of drug-likeness (QED) is 0.458. The van der Waals surface area contributed by atoms with Gasteiger partial charge in [-0.3, -0.25) is 0 Å². The molecule has 0 aliphatic heterocycles. The Morgan fingerprint density at radius 3 is 2.68 bits per heavy atom. The van der Waals surface area contributed by atoms with Gasteiger partial charge in [-0.05, 0) is 43.2 Å². The van der Waals surface area contributed by atoms with Crippen LogP contribution in [0.1, 0.15) is 11.1 Å². The third-order valence-corrected chi connectivity index (χ3v) is 5.25. The second-order valence-corrected chi connectivity index (χ2v) is 7.30. The highest BCUT2D eigenvalue weighted by Crippen LogP contribution is 2.38. The highest BCUT2D eigenvalue weighted by atomic mass is 35.5. The Morgan fingerprint density at radius 1 is 1.00 bits per heavy atom. The van der Waals surface area contributed by atoms with Crippen LogP contribution in [-0.2, 0) is 0 Å². The maximum atomic E-state index is 6.10. The van der Waals surface area contributed by atoms with Crippen molar-refractivity contribution in [3.63, 3.8) is 0 Å². The van der Waals surface area contributed by atoms with E-state index in [4.69, 9.17) is 11.6 Å². The van der Waals surface area contributed by atoms with Crippen LogP contribution in [-0.4, -0.2) is 9.97 Å². The number of nitrogens with zero attached hydrogens (tertiary/aromatic N) is 2. The molecule has 2 aromatic carbocycles. The molecule has 5 heteroatoms. The zero-order chi connectivity index (χ0) is 17.4. The van der Waals surface area contributed by atoms with Crippen molar-refractivity contribution in [1.82, 2.24) is 9.97 Å². The maximum Gasteiger partial charge on any atom is 0.143 e. The van der Waals surface area contributed by atoms with Gasteiger partial charge in [-0.1, -0.05) is 41.4 Å². The summed E-state index contributed by atoms with van der Waals surface area (Å²) in [5.41, 5.74) is 5.78. The van der Waals surface area contributed by atoms with E-state index in [1.807, 2.05) is 24.3 Å². The van der Waals surface area contributed by atoms with Gasteiger partial charge in [0.05, 0.1) is 5.39 Å². The fourth-order valence-corrected chi connectivity index (χ4v) is 4.08. The number of aromatic nitrogens is 2. The molecular weight excluding hydrogens is 350 g/mol. The van der Waals surface area contributed by atoms with Crippen LogP contribution in [0.3, 0.4) is 0 Å². The molecule has 0 aliphatic carbocycles. The summed E-state index contributed by atoms with van der Waals surface area (Å²) in [6.45, 7) is 4.25. The highest BCUT2D eigenvalue weighted by molar-refractivity contribution is 7.17. The minimum Gasteiger partial charge on any atom is -0.340 e. The molecule has 1 N–H and O–H groups in total. The summed E-state index contributed by atoms with van der Waals surface area (Å²) in [5, 5.41) is 7.27. The highest BCUT2D eigenvalue weighted by Gasteiger charge is 2.15. The van der Waals surface area contributed by atoms with Gasteiger partial charge in [0.2, 0.25) is 0 Å². The van der Waals surface area contributed by atoms with Crippen molar-refractivity contribution in [2.75, 3.05) is 5.32 Å². The summed E-state index contributed by atoms with van der Waals surface area (Å²) < 4.78 is 0. The van der Waals surface area contributed by atoms with E-state index >= 15 is 0 Å². The first kappa shape index (κ1) is 16.1. The third-order valence-electron chi connectivity index (χ3n) is 4.13. The lowest BCUT2D eigenvalue weighted by Crippen LogP contribution is -1.95. The molecule has 2 heterocycles. The van der Waals surface area contributed by atoms with Crippen LogP contribution < -0.4 is 5.32 Å². The van der Waals surface area contributed by atoms with Gasteiger partial charge >= 0.3 is 0 Å². The van der Waals surface area contributed by atoms with Crippen molar-refractivity contribution in [2.24, 2.45) is 0 Å². The Morgan fingerprint density at radius 2 is 1.88 bits per heavy atom. The Bertz CT molecular complexity index is 1070. The molecule has 0 atom stereocenters. The second-order valence-electron chi connectivity index (χ2n) is 6.01. The number of hydrogen-bond acceptors (Lipinski definition) is 4. The van der Waals surface area contributed by atoms with Crippen molar-refractivity contribution >= 4 is 44.7 Å². The molecule has 0 amide bonds. The maximum absolute atomic E-state index is 6.10. The van der Waals surface area contributed by atoms with Gasteiger partial charge < -0.3 is 5.32 Å². The van der Waals surface area contributed by atoms with Crippen LogP contribution in [0.15, 0.2) is 54.2 Å². The van der Waals surface area contributed by atoms with E-state index in [0.717, 1.165) is 27.3 Å². The summed E-state index contributed by atoms with van der Waals surface area (Å²) >= 11 is 7.73. The summed E-state index contributed by atoms with van der Waals surface area (Å²) in [5.74, 6) is 0.795. The molecule has 4 rings (SSSR count). The molecule has 0 saturated carbocycles. The van der Waals surface area contributed by atoms with Crippen molar-refractivity contribution in [2.45, 2.75) is 13.8 Å². The number of rotatable bonds is 3. The zero-order valence-corrected chi connectivity index (χ0v) is 15.4. The van der Waals surface area contributed by atoms with Gasteiger partial charge in [0, 0.05) is 21.7 Å². The van der Waals surface area contributed by atoms with E-state index in [2.05, 4.69) is 52.7 Å². The molecule has 0 radical (unpaired) electrons. The molecule has 0 saturated heterocycles. The summed E-state index contributed by atoms with van der Waals surface area (Å²) in [6.07, 6.45) is 1.59. The van der Waals surface area contributed by atoms with E-state index in [9.17, 15) is 0 Å². The molecular formula is C20H16ClN3S. The molecule has 0 aliphatic rings. The minimum absolute atomic E-state index is 0.690. The van der Waals surface area contributed by atoms with Crippen LogP contribution in [0.4, 0.5) is 11.5 Å². The smallest absolute Gasteiger partial charge is 0.143 e. The second kappa shape index (κ2) is 6.47. The number of nitrogens with one attached hydrogen (secondary N) is 1. The van der Waals surface area contributed by atoms with Crippen molar-refractivity contribution in [1.29, 1.82) is 0 Å². The molecule has 0 bridgehead atoms. The first-order valence-electron chi connectivity index (χ1n) is 7.94. The van der Waals surface area contributed by atoms with Crippen LogP contribution in [0.2, 0.25) is 5.02 Å². The van der Waals surface area contributed by atoms with Gasteiger partial charge in [0.15, 0.2) is 0 Å². The predicted molar refractivity (Wildman–Crippen MR) is 107 cm³/mol. The minimum atomic E-state index is 0.690. The van der Waals surface area contributed by atoms with E-state index < -0.39 is 0 Å². The van der Waals surface area contributed by atoms with Gasteiger partial charge in [-0.2, -0.15) is 0 Å². The number of benzene rings is 2. The third kappa shape index (κ3) is 3.11. The zero-order valence-electron chi connectivity index (χ0n) is 13.9. The number of fused-ring (bicyclic) bond motifs is 1. The van der Waals surface area contributed by atoms with Gasteiger partial charge in [0.1, 0.15) is 17.0 Å². The average Bonchev–Trinajstić information content (AvgIpc) is 3.00. The van der Waals surface area contributed by atoms with E-state index in [0.29, 0.717) is 5.02 Å². The summed E-state index contributed by atoms with van der Waals surface area (Å²) in [4.78, 5) is 9.88. The van der Waals surface area contributed by atoms with Crippen LogP contribution in [0.5, 0.6) is 0 Å². The first-order chi connectivity index (χ1) is 12.1. The lowest BCUT2D eigenvalue weighted by molar-refractivity contribution is 1.23. The topological polar surface area (TPSA) is 37.8 Å². The van der Waals surface area contributed by atoms with Crippen LogP contribution in [0.25, 0.3) is 21.3 Å². The van der Waals surface area contributed by atoms with E-state index in [1.165, 1.54) is 16.7 Å². The normalized spacial score (nSPS) is 11.0. The van der Waals surface area contributed by atoms with Gasteiger partial charge in [-0.25, -0.2) is 9.97 Å². The fraction of sp³-hybridized carbons (Fsp3) is 0.100. The molecule has 0 spiro atoms. The Labute approximate surface area is 155 Å². The molecule has 25 heavy (non-hydrogen) atoms. The molecule has 0 unspecified atom stereocenters. The average molecular weight is 366 g/mol. The predicted octanol–water partition coefficient (Wildman–Crippen LogP) is 6.37. The molecule has 0 fully saturated rings.